The molecule has 116 valence electrons. The van der Waals surface area contributed by atoms with E-state index in [1.54, 1.807) is 24.3 Å². The SMILES string of the molecule is O=NCc1cc(Sc2ccc(O)c(CO)c2)cc(CO)c1O. The third-order valence-electron chi connectivity index (χ3n) is 3.10. The molecular formula is C15H15NO5S. The molecule has 2 aromatic carbocycles. The Morgan fingerprint density at radius 2 is 1.55 bits per heavy atom. The van der Waals surface area contributed by atoms with Crippen molar-refractivity contribution in [1.29, 1.82) is 0 Å². The molecule has 2 aromatic rings. The van der Waals surface area contributed by atoms with Crippen LogP contribution in [0.1, 0.15) is 16.7 Å². The molecule has 0 saturated carbocycles. The van der Waals surface area contributed by atoms with Gasteiger partial charge >= 0.3 is 0 Å². The molecule has 4 N–H and O–H groups in total. The van der Waals surface area contributed by atoms with E-state index in [9.17, 15) is 20.2 Å². The molecule has 0 amide bonds. The van der Waals surface area contributed by atoms with E-state index in [0.29, 0.717) is 21.6 Å². The molecule has 2 rings (SSSR count). The minimum absolute atomic E-state index is 0.0134. The minimum Gasteiger partial charge on any atom is -0.508 e. The molecule has 0 spiro atoms. The maximum absolute atomic E-state index is 10.4. The van der Waals surface area contributed by atoms with E-state index < -0.39 is 0 Å². The fourth-order valence-electron chi connectivity index (χ4n) is 1.99. The zero-order valence-electron chi connectivity index (χ0n) is 11.6. The zero-order valence-corrected chi connectivity index (χ0v) is 12.4. The van der Waals surface area contributed by atoms with Gasteiger partial charge in [-0.05, 0) is 30.3 Å². The van der Waals surface area contributed by atoms with Crippen LogP contribution in [0.4, 0.5) is 0 Å². The number of hydrogen-bond acceptors (Lipinski definition) is 7. The van der Waals surface area contributed by atoms with Crippen molar-refractivity contribution < 1.29 is 20.4 Å². The molecular weight excluding hydrogens is 306 g/mol. The van der Waals surface area contributed by atoms with Crippen LogP contribution in [0.3, 0.4) is 0 Å². The van der Waals surface area contributed by atoms with Crippen LogP contribution in [-0.2, 0) is 19.8 Å². The molecule has 0 radical (unpaired) electrons. The smallest absolute Gasteiger partial charge is 0.126 e. The molecule has 0 atom stereocenters. The summed E-state index contributed by atoms with van der Waals surface area (Å²) in [7, 11) is 0. The van der Waals surface area contributed by atoms with Crippen LogP contribution in [0.2, 0.25) is 0 Å². The van der Waals surface area contributed by atoms with Crippen molar-refractivity contribution in [2.24, 2.45) is 5.18 Å². The summed E-state index contributed by atoms with van der Waals surface area (Å²) in [6.45, 7) is -0.827. The van der Waals surface area contributed by atoms with Gasteiger partial charge in [0, 0.05) is 26.5 Å². The Hall–Kier alpha value is -2.09. The highest BCUT2D eigenvalue weighted by atomic mass is 32.2. The average molecular weight is 321 g/mol. The summed E-state index contributed by atoms with van der Waals surface area (Å²) < 4.78 is 0. The second-order valence-electron chi connectivity index (χ2n) is 4.59. The standard InChI is InChI=1S/C15H15NO5S/c17-7-10-4-12(1-2-14(10)19)22-13-3-9(6-16-21)15(20)11(5-13)8-18/h1-5,17-20H,6-8H2. The van der Waals surface area contributed by atoms with Crippen LogP contribution in [0.25, 0.3) is 0 Å². The summed E-state index contributed by atoms with van der Waals surface area (Å²) in [5.41, 5.74) is 1.05. The largest absolute Gasteiger partial charge is 0.508 e. The van der Waals surface area contributed by atoms with E-state index in [1.165, 1.54) is 17.8 Å². The fraction of sp³-hybridized carbons (Fsp3) is 0.200. The second kappa shape index (κ2) is 7.26. The summed E-state index contributed by atoms with van der Waals surface area (Å²) in [5, 5.41) is 40.6. The van der Waals surface area contributed by atoms with Gasteiger partial charge in [-0.3, -0.25) is 0 Å². The molecule has 0 fully saturated rings. The van der Waals surface area contributed by atoms with Gasteiger partial charge in [-0.15, -0.1) is 0 Å². The van der Waals surface area contributed by atoms with Crippen LogP contribution in [0, 0.1) is 4.91 Å². The number of nitrogens with zero attached hydrogens (tertiary/aromatic N) is 1. The molecule has 0 unspecified atom stereocenters. The lowest BCUT2D eigenvalue weighted by Gasteiger charge is -2.10. The van der Waals surface area contributed by atoms with E-state index in [-0.39, 0.29) is 31.3 Å². The first kappa shape index (κ1) is 16.3. The van der Waals surface area contributed by atoms with Gasteiger partial charge in [0.15, 0.2) is 0 Å². The number of aromatic hydroxyl groups is 2. The molecule has 0 aliphatic carbocycles. The van der Waals surface area contributed by atoms with Crippen molar-refractivity contribution in [3.05, 3.63) is 51.9 Å². The van der Waals surface area contributed by atoms with Gasteiger partial charge in [0.1, 0.15) is 18.0 Å². The van der Waals surface area contributed by atoms with Crippen LogP contribution in [0.15, 0.2) is 45.3 Å². The number of aliphatic hydroxyl groups excluding tert-OH is 2. The van der Waals surface area contributed by atoms with Gasteiger partial charge in [-0.1, -0.05) is 16.9 Å². The Morgan fingerprint density at radius 3 is 2.18 bits per heavy atom. The number of rotatable bonds is 6. The van der Waals surface area contributed by atoms with Crippen molar-refractivity contribution in [3.8, 4) is 11.5 Å². The van der Waals surface area contributed by atoms with Crippen LogP contribution in [-0.4, -0.2) is 20.4 Å². The van der Waals surface area contributed by atoms with Crippen LogP contribution >= 0.6 is 11.8 Å². The quantitative estimate of drug-likeness (QED) is 0.608. The Morgan fingerprint density at radius 1 is 0.909 bits per heavy atom. The summed E-state index contributed by atoms with van der Waals surface area (Å²) >= 11 is 1.32. The zero-order chi connectivity index (χ0) is 16.1. The van der Waals surface area contributed by atoms with E-state index in [4.69, 9.17) is 5.11 Å². The van der Waals surface area contributed by atoms with Gasteiger partial charge in [0.05, 0.1) is 13.2 Å². The number of phenols is 2. The molecule has 0 aromatic heterocycles. The van der Waals surface area contributed by atoms with Gasteiger partial charge in [0.25, 0.3) is 0 Å². The van der Waals surface area contributed by atoms with Gasteiger partial charge in [-0.2, -0.15) is 4.91 Å². The monoisotopic (exact) mass is 321 g/mol. The highest BCUT2D eigenvalue weighted by Gasteiger charge is 2.11. The molecule has 22 heavy (non-hydrogen) atoms. The van der Waals surface area contributed by atoms with E-state index in [2.05, 4.69) is 5.18 Å². The number of hydrogen-bond donors (Lipinski definition) is 4. The van der Waals surface area contributed by atoms with Gasteiger partial charge in [-0.25, -0.2) is 0 Å². The third kappa shape index (κ3) is 3.56. The van der Waals surface area contributed by atoms with Crippen molar-refractivity contribution in [2.75, 3.05) is 0 Å². The first-order valence-electron chi connectivity index (χ1n) is 6.44. The molecule has 6 nitrogen and oxygen atoms in total. The Bertz CT molecular complexity index is 690. The maximum Gasteiger partial charge on any atom is 0.126 e. The topological polar surface area (TPSA) is 110 Å². The van der Waals surface area contributed by atoms with Crippen molar-refractivity contribution in [1.82, 2.24) is 0 Å². The lowest BCUT2D eigenvalue weighted by molar-refractivity contribution is 0.274. The average Bonchev–Trinajstić information content (AvgIpc) is 2.52. The fourth-order valence-corrected chi connectivity index (χ4v) is 3.00. The first-order chi connectivity index (χ1) is 10.6. The van der Waals surface area contributed by atoms with Gasteiger partial charge in [0.2, 0.25) is 0 Å². The number of benzene rings is 2. The van der Waals surface area contributed by atoms with Crippen molar-refractivity contribution in [2.45, 2.75) is 29.5 Å². The molecule has 0 bridgehead atoms. The second-order valence-corrected chi connectivity index (χ2v) is 5.73. The highest BCUT2D eigenvalue weighted by molar-refractivity contribution is 7.99. The number of nitroso groups, excluding NO2 is 1. The van der Waals surface area contributed by atoms with Crippen LogP contribution < -0.4 is 0 Å². The third-order valence-corrected chi connectivity index (χ3v) is 4.06. The molecule has 0 aliphatic heterocycles. The molecule has 7 heteroatoms. The summed E-state index contributed by atoms with van der Waals surface area (Å²) in [6, 6.07) is 8.03. The lowest BCUT2D eigenvalue weighted by Crippen LogP contribution is -1.92. The Balaban J connectivity index is 2.36. The summed E-state index contributed by atoms with van der Waals surface area (Å²) in [4.78, 5) is 11.9. The maximum atomic E-state index is 10.4. The van der Waals surface area contributed by atoms with E-state index >= 15 is 0 Å². The van der Waals surface area contributed by atoms with Crippen LogP contribution in [0.5, 0.6) is 11.5 Å². The normalized spacial score (nSPS) is 10.6. The summed E-state index contributed by atoms with van der Waals surface area (Å²) in [5.74, 6) is -0.118. The van der Waals surface area contributed by atoms with E-state index in [0.717, 1.165) is 4.90 Å². The molecule has 0 aliphatic rings. The Labute approximate surface area is 131 Å². The van der Waals surface area contributed by atoms with Gasteiger partial charge < -0.3 is 20.4 Å². The predicted molar refractivity (Wildman–Crippen MR) is 81.7 cm³/mol. The lowest BCUT2D eigenvalue weighted by atomic mass is 10.1. The Kier molecular flexibility index (Phi) is 5.37. The molecule has 0 saturated heterocycles. The minimum atomic E-state index is -0.358. The van der Waals surface area contributed by atoms with Crippen molar-refractivity contribution >= 4 is 11.8 Å². The van der Waals surface area contributed by atoms with E-state index in [1.807, 2.05) is 0 Å². The highest BCUT2D eigenvalue weighted by Crippen LogP contribution is 2.35. The summed E-state index contributed by atoms with van der Waals surface area (Å²) in [6.07, 6.45) is 0. The first-order valence-corrected chi connectivity index (χ1v) is 7.26. The number of aliphatic hydroxyl groups is 2. The predicted octanol–water partition coefficient (Wildman–Crippen LogP) is 2.50. The molecule has 0 heterocycles. The van der Waals surface area contributed by atoms with Crippen molar-refractivity contribution in [3.63, 3.8) is 0 Å².